The van der Waals surface area contributed by atoms with Gasteiger partial charge >= 0.3 is 5.97 Å². The molecular weight excluding hydrogens is 284 g/mol. The summed E-state index contributed by atoms with van der Waals surface area (Å²) in [5.41, 5.74) is 0. The van der Waals surface area contributed by atoms with Crippen LogP contribution in [0.4, 0.5) is 0 Å². The van der Waals surface area contributed by atoms with Crippen molar-refractivity contribution in [3.8, 4) is 0 Å². The number of carbonyl (C=O) groups excluding carboxylic acids is 2. The van der Waals surface area contributed by atoms with Crippen LogP contribution in [-0.4, -0.2) is 62.1 Å². The molecule has 0 radical (unpaired) electrons. The van der Waals surface area contributed by atoms with E-state index < -0.39 is 0 Å². The molecule has 1 fully saturated rings. The number of aliphatic imine (C=N–C) groups is 1. The Morgan fingerprint density at radius 1 is 1.18 bits per heavy atom. The van der Waals surface area contributed by atoms with E-state index in [1.165, 1.54) is 0 Å². The lowest BCUT2D eigenvalue weighted by molar-refractivity contribution is -0.143. The number of amides is 1. The maximum absolute atomic E-state index is 11.9. The third-order valence-electron chi connectivity index (χ3n) is 3.33. The first-order valence-electron chi connectivity index (χ1n) is 8.13. The zero-order valence-electron chi connectivity index (χ0n) is 13.7. The quantitative estimate of drug-likeness (QED) is 0.295. The van der Waals surface area contributed by atoms with Crippen LogP contribution in [0, 0.1) is 0 Å². The van der Waals surface area contributed by atoms with Gasteiger partial charge in [0, 0.05) is 32.6 Å². The lowest BCUT2D eigenvalue weighted by Gasteiger charge is -2.15. The van der Waals surface area contributed by atoms with Crippen LogP contribution in [-0.2, 0) is 14.3 Å². The van der Waals surface area contributed by atoms with E-state index in [2.05, 4.69) is 15.6 Å². The fourth-order valence-electron chi connectivity index (χ4n) is 2.23. The zero-order valence-corrected chi connectivity index (χ0v) is 13.7. The predicted octanol–water partition coefficient (Wildman–Crippen LogP) is 0.507. The van der Waals surface area contributed by atoms with Gasteiger partial charge in [-0.25, -0.2) is 4.99 Å². The predicted molar refractivity (Wildman–Crippen MR) is 85.7 cm³/mol. The highest BCUT2D eigenvalue weighted by Gasteiger charge is 2.17. The van der Waals surface area contributed by atoms with Gasteiger partial charge in [-0.15, -0.1) is 0 Å². The molecule has 1 rings (SSSR count). The monoisotopic (exact) mass is 312 g/mol. The Balaban J connectivity index is 2.29. The van der Waals surface area contributed by atoms with Crippen molar-refractivity contribution in [2.24, 2.45) is 4.99 Å². The van der Waals surface area contributed by atoms with Gasteiger partial charge in [-0.3, -0.25) is 9.59 Å². The van der Waals surface area contributed by atoms with Crippen LogP contribution in [0.25, 0.3) is 0 Å². The molecule has 1 aliphatic heterocycles. The smallest absolute Gasteiger partial charge is 0.305 e. The number of esters is 1. The number of nitrogens with zero attached hydrogens (tertiary/aromatic N) is 2. The molecule has 0 atom stereocenters. The summed E-state index contributed by atoms with van der Waals surface area (Å²) < 4.78 is 4.87. The Morgan fingerprint density at radius 2 is 1.91 bits per heavy atom. The molecule has 0 unspecified atom stereocenters. The third-order valence-corrected chi connectivity index (χ3v) is 3.33. The Bertz CT molecular complexity index is 379. The van der Waals surface area contributed by atoms with E-state index in [9.17, 15) is 9.59 Å². The summed E-state index contributed by atoms with van der Waals surface area (Å²) in [5.74, 6) is 0.496. The Kier molecular flexibility index (Phi) is 9.02. The van der Waals surface area contributed by atoms with Crippen LogP contribution < -0.4 is 10.6 Å². The van der Waals surface area contributed by atoms with Crippen LogP contribution >= 0.6 is 0 Å². The van der Waals surface area contributed by atoms with Crippen molar-refractivity contribution in [3.63, 3.8) is 0 Å². The lowest BCUT2D eigenvalue weighted by Crippen LogP contribution is -2.39. The number of hydrogen-bond acceptors (Lipinski definition) is 4. The molecule has 0 aliphatic carbocycles. The highest BCUT2D eigenvalue weighted by atomic mass is 16.5. The highest BCUT2D eigenvalue weighted by molar-refractivity contribution is 5.85. The molecule has 22 heavy (non-hydrogen) atoms. The van der Waals surface area contributed by atoms with E-state index >= 15 is 0 Å². The van der Waals surface area contributed by atoms with E-state index in [1.54, 1.807) is 6.92 Å². The number of guanidine groups is 1. The summed E-state index contributed by atoms with van der Waals surface area (Å²) in [7, 11) is 0. The van der Waals surface area contributed by atoms with E-state index in [0.29, 0.717) is 32.0 Å². The average Bonchev–Trinajstić information content (AvgIpc) is 3.03. The maximum Gasteiger partial charge on any atom is 0.305 e. The van der Waals surface area contributed by atoms with Crippen molar-refractivity contribution < 1.29 is 14.3 Å². The van der Waals surface area contributed by atoms with Crippen molar-refractivity contribution in [2.45, 2.75) is 39.5 Å². The molecule has 0 aromatic heterocycles. The molecule has 0 spiro atoms. The van der Waals surface area contributed by atoms with Gasteiger partial charge in [0.15, 0.2) is 5.96 Å². The van der Waals surface area contributed by atoms with Crippen LogP contribution in [0.5, 0.6) is 0 Å². The number of carbonyl (C=O) groups is 2. The molecule has 126 valence electrons. The Labute approximate surface area is 132 Å². The summed E-state index contributed by atoms with van der Waals surface area (Å²) in [5, 5.41) is 6.22. The minimum absolute atomic E-state index is 0.0706. The first kappa shape index (κ1) is 18.3. The van der Waals surface area contributed by atoms with Gasteiger partial charge in [-0.2, -0.15) is 0 Å². The number of likely N-dealkylation sites (tertiary alicyclic amines) is 1. The van der Waals surface area contributed by atoms with Gasteiger partial charge in [-0.1, -0.05) is 0 Å². The second kappa shape index (κ2) is 10.9. The van der Waals surface area contributed by atoms with Crippen LogP contribution in [0.15, 0.2) is 4.99 Å². The maximum atomic E-state index is 11.9. The second-order valence-corrected chi connectivity index (χ2v) is 5.12. The van der Waals surface area contributed by atoms with Crippen molar-refractivity contribution in [1.82, 2.24) is 15.5 Å². The first-order valence-corrected chi connectivity index (χ1v) is 8.13. The summed E-state index contributed by atoms with van der Waals surface area (Å²) in [6.45, 7) is 7.36. The molecule has 1 saturated heterocycles. The van der Waals surface area contributed by atoms with Crippen molar-refractivity contribution in [1.29, 1.82) is 0 Å². The lowest BCUT2D eigenvalue weighted by atomic mass is 10.3. The highest BCUT2D eigenvalue weighted by Crippen LogP contribution is 2.07. The van der Waals surface area contributed by atoms with E-state index in [-0.39, 0.29) is 18.4 Å². The minimum Gasteiger partial charge on any atom is -0.466 e. The van der Waals surface area contributed by atoms with E-state index in [1.807, 2.05) is 11.8 Å². The normalized spacial score (nSPS) is 14.8. The standard InChI is InChI=1S/C15H28N4O3/c1-3-16-15(17-9-7-8-14(21)22-4-2)18-12-13(20)19-10-5-6-11-19/h3-12H2,1-2H3,(H2,16,17,18). The van der Waals surface area contributed by atoms with Crippen molar-refractivity contribution in [2.75, 3.05) is 39.3 Å². The minimum atomic E-state index is -0.185. The summed E-state index contributed by atoms with van der Waals surface area (Å²) in [6, 6.07) is 0. The second-order valence-electron chi connectivity index (χ2n) is 5.12. The Hall–Kier alpha value is -1.79. The summed E-state index contributed by atoms with van der Waals surface area (Å²) in [6.07, 6.45) is 3.22. The Morgan fingerprint density at radius 3 is 2.55 bits per heavy atom. The molecule has 7 nitrogen and oxygen atoms in total. The SMILES string of the molecule is CCNC(=NCC(=O)N1CCCC1)NCCCC(=O)OCC. The van der Waals surface area contributed by atoms with Gasteiger partial charge in [0.2, 0.25) is 5.91 Å². The number of hydrogen-bond donors (Lipinski definition) is 2. The molecule has 0 aromatic carbocycles. The van der Waals surface area contributed by atoms with E-state index in [4.69, 9.17) is 4.74 Å². The molecule has 1 aliphatic rings. The van der Waals surface area contributed by atoms with Crippen LogP contribution in [0.2, 0.25) is 0 Å². The van der Waals surface area contributed by atoms with Crippen LogP contribution in [0.1, 0.15) is 39.5 Å². The zero-order chi connectivity index (χ0) is 16.2. The van der Waals surface area contributed by atoms with Gasteiger partial charge < -0.3 is 20.3 Å². The summed E-state index contributed by atoms with van der Waals surface area (Å²) in [4.78, 5) is 29.3. The number of ether oxygens (including phenoxy) is 1. The fraction of sp³-hybridized carbons (Fsp3) is 0.800. The van der Waals surface area contributed by atoms with Crippen molar-refractivity contribution >= 4 is 17.8 Å². The molecule has 2 N–H and O–H groups in total. The molecule has 0 saturated carbocycles. The molecular formula is C15H28N4O3. The molecule has 1 amide bonds. The topological polar surface area (TPSA) is 83.0 Å². The largest absolute Gasteiger partial charge is 0.466 e. The van der Waals surface area contributed by atoms with Gasteiger partial charge in [0.05, 0.1) is 6.61 Å². The number of rotatable bonds is 8. The molecule has 7 heteroatoms. The van der Waals surface area contributed by atoms with Crippen LogP contribution in [0.3, 0.4) is 0 Å². The van der Waals surface area contributed by atoms with Crippen molar-refractivity contribution in [3.05, 3.63) is 0 Å². The fourth-order valence-corrected chi connectivity index (χ4v) is 2.23. The van der Waals surface area contributed by atoms with Gasteiger partial charge in [-0.05, 0) is 33.1 Å². The molecule has 0 aromatic rings. The number of nitrogens with one attached hydrogen (secondary N) is 2. The molecule has 0 bridgehead atoms. The van der Waals surface area contributed by atoms with Gasteiger partial charge in [0.1, 0.15) is 6.54 Å². The first-order chi connectivity index (χ1) is 10.7. The average molecular weight is 312 g/mol. The van der Waals surface area contributed by atoms with E-state index in [0.717, 1.165) is 32.5 Å². The molecule has 1 heterocycles. The van der Waals surface area contributed by atoms with Gasteiger partial charge in [0.25, 0.3) is 0 Å². The third kappa shape index (κ3) is 7.28. The summed E-state index contributed by atoms with van der Waals surface area (Å²) >= 11 is 0.